The first kappa shape index (κ1) is 22.0. The van der Waals surface area contributed by atoms with Gasteiger partial charge in [0.25, 0.3) is 0 Å². The molecule has 0 aliphatic carbocycles. The van der Waals surface area contributed by atoms with Crippen LogP contribution in [0.5, 0.6) is 0 Å². The summed E-state index contributed by atoms with van der Waals surface area (Å²) < 4.78 is 12.1. The Labute approximate surface area is 179 Å². The molecule has 0 aromatic carbocycles. The predicted octanol–water partition coefficient (Wildman–Crippen LogP) is 1.88. The van der Waals surface area contributed by atoms with Gasteiger partial charge in [-0.15, -0.1) is 0 Å². The van der Waals surface area contributed by atoms with Crippen molar-refractivity contribution in [3.63, 3.8) is 0 Å². The smallest absolute Gasteiger partial charge is 0.0830 e. The Kier molecular flexibility index (Phi) is 6.39. The van der Waals surface area contributed by atoms with Gasteiger partial charge >= 0.3 is 0 Å². The van der Waals surface area contributed by atoms with Crippen LogP contribution in [0.15, 0.2) is 0 Å². The summed E-state index contributed by atoms with van der Waals surface area (Å²) >= 11 is 0. The molecule has 2 N–H and O–H groups in total. The first-order valence-electron chi connectivity index (χ1n) is 12.6. The molecule has 4 aliphatic rings. The first-order valence-corrected chi connectivity index (χ1v) is 12.6. The molecule has 0 aromatic heterocycles. The third-order valence-electron chi connectivity index (χ3n) is 8.64. The average molecular weight is 409 g/mol. The third-order valence-corrected chi connectivity index (χ3v) is 8.64. The van der Waals surface area contributed by atoms with Gasteiger partial charge in [-0.3, -0.25) is 0 Å². The van der Waals surface area contributed by atoms with Gasteiger partial charge in [0.1, 0.15) is 0 Å². The quantitative estimate of drug-likeness (QED) is 0.743. The fraction of sp³-hybridized carbons (Fsp3) is 1.00. The third kappa shape index (κ3) is 5.56. The lowest BCUT2D eigenvalue weighted by molar-refractivity contribution is -0.932. The van der Waals surface area contributed by atoms with Gasteiger partial charge in [0.05, 0.1) is 50.5 Å². The molecular formula is C25H48N2O2+2. The molecule has 4 heterocycles. The van der Waals surface area contributed by atoms with Crippen molar-refractivity contribution in [2.45, 2.75) is 96.7 Å². The molecule has 0 radical (unpaired) electrons. The van der Waals surface area contributed by atoms with E-state index in [4.69, 9.17) is 9.47 Å². The number of hydrogen-bond donors (Lipinski definition) is 2. The SMILES string of the molecule is CC1(C)C[C@@]2(CCC[NH+](CCC[NH+]3CCC[C@]4(CCOC(C)(C)C4)C3)C2)CCO1. The highest BCUT2D eigenvalue weighted by atomic mass is 16.5. The fourth-order valence-corrected chi connectivity index (χ4v) is 7.76. The number of rotatable bonds is 4. The van der Waals surface area contributed by atoms with Gasteiger partial charge in [-0.1, -0.05) is 0 Å². The Hall–Kier alpha value is -0.160. The summed E-state index contributed by atoms with van der Waals surface area (Å²) in [5.74, 6) is 0. The van der Waals surface area contributed by atoms with Crippen molar-refractivity contribution in [1.82, 2.24) is 0 Å². The summed E-state index contributed by atoms with van der Waals surface area (Å²) in [7, 11) is 0. The normalized spacial score (nSPS) is 42.2. The minimum Gasteiger partial charge on any atom is -0.376 e. The maximum atomic E-state index is 6.04. The van der Waals surface area contributed by atoms with E-state index in [0.29, 0.717) is 10.8 Å². The molecule has 168 valence electrons. The topological polar surface area (TPSA) is 27.3 Å². The zero-order chi connectivity index (χ0) is 20.6. The second-order valence-corrected chi connectivity index (χ2v) is 12.5. The van der Waals surface area contributed by atoms with Gasteiger partial charge in [-0.05, 0) is 79.1 Å². The van der Waals surface area contributed by atoms with Gasteiger partial charge in [0.2, 0.25) is 0 Å². The van der Waals surface area contributed by atoms with Crippen molar-refractivity contribution in [3.8, 4) is 0 Å². The summed E-state index contributed by atoms with van der Waals surface area (Å²) in [6.45, 7) is 19.5. The van der Waals surface area contributed by atoms with Crippen molar-refractivity contribution in [3.05, 3.63) is 0 Å². The van der Waals surface area contributed by atoms with Crippen LogP contribution in [0.2, 0.25) is 0 Å². The van der Waals surface area contributed by atoms with Crippen LogP contribution in [-0.4, -0.2) is 63.7 Å². The Balaban J connectivity index is 1.25. The summed E-state index contributed by atoms with van der Waals surface area (Å²) in [6, 6.07) is 0. The highest BCUT2D eigenvalue weighted by molar-refractivity contribution is 4.92. The molecule has 4 aliphatic heterocycles. The summed E-state index contributed by atoms with van der Waals surface area (Å²) in [4.78, 5) is 3.76. The number of nitrogens with one attached hydrogen (secondary N) is 2. The molecule has 4 rings (SSSR count). The molecule has 0 amide bonds. The van der Waals surface area contributed by atoms with Crippen molar-refractivity contribution >= 4 is 0 Å². The van der Waals surface area contributed by atoms with E-state index in [9.17, 15) is 0 Å². The molecule has 29 heavy (non-hydrogen) atoms. The van der Waals surface area contributed by atoms with Crippen LogP contribution < -0.4 is 9.80 Å². The van der Waals surface area contributed by atoms with Crippen LogP contribution in [-0.2, 0) is 9.47 Å². The van der Waals surface area contributed by atoms with Crippen molar-refractivity contribution < 1.29 is 19.3 Å². The van der Waals surface area contributed by atoms with E-state index in [-0.39, 0.29) is 11.2 Å². The molecule has 4 saturated heterocycles. The Morgan fingerprint density at radius 3 is 1.52 bits per heavy atom. The first-order chi connectivity index (χ1) is 13.7. The number of hydrogen-bond acceptors (Lipinski definition) is 2. The highest BCUT2D eigenvalue weighted by Crippen LogP contribution is 2.43. The van der Waals surface area contributed by atoms with Crippen molar-refractivity contribution in [2.75, 3.05) is 52.5 Å². The lowest BCUT2D eigenvalue weighted by atomic mass is 9.69. The summed E-state index contributed by atoms with van der Waals surface area (Å²) in [5, 5.41) is 0. The second kappa shape index (κ2) is 8.41. The van der Waals surface area contributed by atoms with E-state index in [2.05, 4.69) is 27.7 Å². The van der Waals surface area contributed by atoms with Crippen molar-refractivity contribution in [2.24, 2.45) is 10.8 Å². The molecule has 2 unspecified atom stereocenters. The van der Waals surface area contributed by atoms with Gasteiger partial charge in [0.15, 0.2) is 0 Å². The molecule has 2 spiro atoms. The monoisotopic (exact) mass is 408 g/mol. The Morgan fingerprint density at radius 1 is 0.655 bits per heavy atom. The molecular weight excluding hydrogens is 360 g/mol. The Morgan fingerprint density at radius 2 is 1.10 bits per heavy atom. The van der Waals surface area contributed by atoms with Crippen LogP contribution >= 0.6 is 0 Å². The van der Waals surface area contributed by atoms with E-state index in [1.54, 1.807) is 0 Å². The summed E-state index contributed by atoms with van der Waals surface area (Å²) in [5.41, 5.74) is 1.30. The number of quaternary nitrogens is 2. The van der Waals surface area contributed by atoms with Crippen LogP contribution in [0.4, 0.5) is 0 Å². The minimum atomic E-state index is 0.0878. The van der Waals surface area contributed by atoms with Crippen LogP contribution in [0.1, 0.15) is 85.5 Å². The van der Waals surface area contributed by atoms with E-state index >= 15 is 0 Å². The van der Waals surface area contributed by atoms with Crippen LogP contribution in [0, 0.1) is 10.8 Å². The van der Waals surface area contributed by atoms with Gasteiger partial charge in [-0.2, -0.15) is 0 Å². The number of piperidine rings is 2. The maximum Gasteiger partial charge on any atom is 0.0830 e. The molecule has 4 fully saturated rings. The molecule has 0 bridgehead atoms. The van der Waals surface area contributed by atoms with Gasteiger partial charge < -0.3 is 19.3 Å². The zero-order valence-electron chi connectivity index (χ0n) is 19.8. The second-order valence-electron chi connectivity index (χ2n) is 12.5. The van der Waals surface area contributed by atoms with Crippen molar-refractivity contribution in [1.29, 1.82) is 0 Å². The summed E-state index contributed by atoms with van der Waals surface area (Å²) in [6.07, 6.45) is 12.2. The minimum absolute atomic E-state index is 0.0878. The van der Waals surface area contributed by atoms with Gasteiger partial charge in [0, 0.05) is 30.5 Å². The molecule has 4 atom stereocenters. The lowest BCUT2D eigenvalue weighted by Crippen LogP contribution is -3.17. The van der Waals surface area contributed by atoms with Crippen LogP contribution in [0.25, 0.3) is 0 Å². The van der Waals surface area contributed by atoms with Crippen LogP contribution in [0.3, 0.4) is 0 Å². The molecule has 0 saturated carbocycles. The van der Waals surface area contributed by atoms with Gasteiger partial charge in [-0.25, -0.2) is 0 Å². The lowest BCUT2D eigenvalue weighted by Gasteiger charge is -2.48. The largest absolute Gasteiger partial charge is 0.376 e. The number of ether oxygens (including phenoxy) is 2. The molecule has 4 nitrogen and oxygen atoms in total. The highest BCUT2D eigenvalue weighted by Gasteiger charge is 2.46. The molecule has 4 heteroatoms. The zero-order valence-corrected chi connectivity index (χ0v) is 19.8. The molecule has 0 aromatic rings. The number of likely N-dealkylation sites (tertiary alicyclic amines) is 2. The standard InChI is InChI=1S/C25H46N2O2/c1-22(2)18-24(10-16-28-22)8-5-12-26(20-24)14-7-15-27-13-6-9-25(21-27)11-17-29-23(3,4)19-25/h5-21H2,1-4H3/p+2/t24-,25-/m1/s1. The maximum absolute atomic E-state index is 6.04. The Bertz CT molecular complexity index is 507. The predicted molar refractivity (Wildman–Crippen MR) is 118 cm³/mol. The van der Waals surface area contributed by atoms with E-state index in [1.807, 2.05) is 9.80 Å². The fourth-order valence-electron chi connectivity index (χ4n) is 7.76. The van der Waals surface area contributed by atoms with E-state index in [1.165, 1.54) is 97.1 Å². The van der Waals surface area contributed by atoms with E-state index < -0.39 is 0 Å². The average Bonchev–Trinajstić information content (AvgIpc) is 2.60. The van der Waals surface area contributed by atoms with E-state index in [0.717, 1.165) is 13.2 Å².